The van der Waals surface area contributed by atoms with E-state index in [1.807, 2.05) is 60.7 Å². The minimum Gasteiger partial charge on any atom is -0.748 e. The van der Waals surface area contributed by atoms with Crippen molar-refractivity contribution in [3.05, 3.63) is 120 Å². The van der Waals surface area contributed by atoms with Gasteiger partial charge in [-0.05, 0) is 0 Å². The van der Waals surface area contributed by atoms with E-state index in [1.165, 1.54) is 36.8 Å². The number of hydrogen-bond donors (Lipinski definition) is 0. The van der Waals surface area contributed by atoms with Gasteiger partial charge in [0.05, 0.1) is 0 Å². The molecule has 0 saturated carbocycles. The molecule has 0 bridgehead atoms. The fraction of sp³-hybridized carbons (Fsp3) is 0.286. The van der Waals surface area contributed by atoms with E-state index < -0.39 is 0 Å². The van der Waals surface area contributed by atoms with Crippen molar-refractivity contribution >= 4 is 0 Å². The topological polar surface area (TPSA) is 0 Å². The summed E-state index contributed by atoms with van der Waals surface area (Å²) in [4.78, 5) is 0. The Balaban J connectivity index is 0.000000575. The van der Waals surface area contributed by atoms with Gasteiger partial charge in [-0.25, -0.2) is 36.4 Å². The molecule has 0 spiro atoms. The first-order chi connectivity index (χ1) is 13.9. The van der Waals surface area contributed by atoms with E-state index in [0.717, 1.165) is 5.92 Å². The van der Waals surface area contributed by atoms with Crippen LogP contribution in [0.1, 0.15) is 56.6 Å². The van der Waals surface area contributed by atoms with Crippen LogP contribution in [-0.2, 0) is 34.1 Å². The average molecular weight is 482 g/mol. The van der Waals surface area contributed by atoms with Gasteiger partial charge in [-0.1, -0.05) is 51.4 Å². The number of rotatable bonds is 7. The van der Waals surface area contributed by atoms with E-state index in [2.05, 4.69) is 62.4 Å². The van der Waals surface area contributed by atoms with Crippen LogP contribution in [-0.4, -0.2) is 0 Å². The van der Waals surface area contributed by atoms with Gasteiger partial charge in [0.2, 0.25) is 0 Å². The summed E-state index contributed by atoms with van der Waals surface area (Å²) >= 11 is 0. The minimum atomic E-state index is 0. The number of unbranched alkanes of at least 4 members (excludes halogenated alkanes) is 1. The van der Waals surface area contributed by atoms with E-state index in [1.54, 1.807) is 0 Å². The molecule has 4 aromatic carbocycles. The Kier molecular flexibility index (Phi) is 17.3. The van der Waals surface area contributed by atoms with Crippen molar-refractivity contribution in [2.45, 2.75) is 45.4 Å². The zero-order valence-electron chi connectivity index (χ0n) is 18.1. The minimum absolute atomic E-state index is 0. The Morgan fingerprint density at radius 3 is 1.40 bits per heavy atom. The molecule has 1 atom stereocenters. The van der Waals surface area contributed by atoms with E-state index in [9.17, 15) is 0 Å². The van der Waals surface area contributed by atoms with Crippen molar-refractivity contribution < 1.29 is 34.1 Å². The second kappa shape index (κ2) is 18.2. The predicted octanol–water partition coefficient (Wildman–Crippen LogP) is 8.28. The van der Waals surface area contributed by atoms with Crippen LogP contribution >= 0.6 is 0 Å². The summed E-state index contributed by atoms with van der Waals surface area (Å²) in [5.74, 6) is 1.36. The van der Waals surface area contributed by atoms with E-state index in [4.69, 9.17) is 0 Å². The molecular formula is C28H34Fe2-8. The van der Waals surface area contributed by atoms with Gasteiger partial charge in [-0.2, -0.15) is 53.6 Å². The van der Waals surface area contributed by atoms with Gasteiger partial charge < -0.3 is 30.3 Å². The van der Waals surface area contributed by atoms with Crippen molar-refractivity contribution in [1.82, 2.24) is 0 Å². The van der Waals surface area contributed by atoms with Crippen LogP contribution in [0.3, 0.4) is 0 Å². The quantitative estimate of drug-likeness (QED) is 0.184. The van der Waals surface area contributed by atoms with Gasteiger partial charge in [0, 0.05) is 34.1 Å². The largest absolute Gasteiger partial charge is 0.748 e. The Morgan fingerprint density at radius 2 is 1.10 bits per heavy atom. The molecule has 1 unspecified atom stereocenters. The van der Waals surface area contributed by atoms with Crippen molar-refractivity contribution in [3.8, 4) is 0 Å². The first-order valence-electron chi connectivity index (χ1n) is 10.6. The van der Waals surface area contributed by atoms with Crippen LogP contribution in [0.4, 0.5) is 0 Å². The van der Waals surface area contributed by atoms with Gasteiger partial charge in [0.15, 0.2) is 0 Å². The summed E-state index contributed by atoms with van der Waals surface area (Å²) < 4.78 is 0. The number of hydrogen-bond acceptors (Lipinski definition) is 0. The third kappa shape index (κ3) is 10.5. The maximum Gasteiger partial charge on any atom is 0 e. The fourth-order valence-electron chi connectivity index (χ4n) is 3.64. The second-order valence-electron chi connectivity index (χ2n) is 7.15. The van der Waals surface area contributed by atoms with Crippen molar-refractivity contribution in [2.75, 3.05) is 0 Å². The first-order valence-corrected chi connectivity index (χ1v) is 10.6. The van der Waals surface area contributed by atoms with Crippen LogP contribution in [0.5, 0.6) is 0 Å². The molecule has 170 valence electrons. The standard InChI is InChI=1S/C18H24.2C5H5.2Fe/c1-3-5-10-15(4-2)18(16-11-6-7-12-16)17-13-8-9-14-17;2*1-2-4-5-3-1;;/h6-9,11-15,18H,3-5,10H2,1-2H3;2*1-5H;;/q-2;-5;-1;;. The van der Waals surface area contributed by atoms with Crippen LogP contribution in [0.15, 0.2) is 109 Å². The smallest absolute Gasteiger partial charge is 0 e. The summed E-state index contributed by atoms with van der Waals surface area (Å²) in [5, 5.41) is 0. The van der Waals surface area contributed by atoms with E-state index in [0.29, 0.717) is 5.92 Å². The third-order valence-corrected chi connectivity index (χ3v) is 5.13. The SMILES string of the molecule is CCCCC(CC)C([c-]1cccc1)[c-]1cccc1.[Fe].[Fe].[cH-]1[cH-][cH-][cH-][cH-]1.c1cc[cH-]c1. The zero-order valence-corrected chi connectivity index (χ0v) is 20.3. The Morgan fingerprint density at radius 1 is 0.667 bits per heavy atom. The normalized spacial score (nSPS) is 10.5. The maximum absolute atomic E-state index is 2.33. The molecule has 0 saturated heterocycles. The maximum atomic E-state index is 2.33. The van der Waals surface area contributed by atoms with Crippen LogP contribution in [0, 0.1) is 5.92 Å². The van der Waals surface area contributed by atoms with Crippen LogP contribution in [0.25, 0.3) is 0 Å². The summed E-state index contributed by atoms with van der Waals surface area (Å²) in [6.07, 6.45) is 5.25. The molecule has 4 aromatic rings. The molecule has 0 aliphatic rings. The third-order valence-electron chi connectivity index (χ3n) is 5.13. The second-order valence-corrected chi connectivity index (χ2v) is 7.15. The molecule has 4 rings (SSSR count). The Bertz CT molecular complexity index is 652. The molecule has 0 aliphatic carbocycles. The summed E-state index contributed by atoms with van der Waals surface area (Å²) in [6.45, 7) is 4.62. The van der Waals surface area contributed by atoms with Crippen LogP contribution in [0.2, 0.25) is 0 Å². The summed E-state index contributed by atoms with van der Waals surface area (Å²) in [6, 6.07) is 37.8. The van der Waals surface area contributed by atoms with Crippen molar-refractivity contribution in [1.29, 1.82) is 0 Å². The van der Waals surface area contributed by atoms with Gasteiger partial charge in [-0.3, -0.25) is 0 Å². The Labute approximate surface area is 205 Å². The molecule has 0 heterocycles. The first kappa shape index (κ1) is 28.4. The Hall–Kier alpha value is -1.56. The molecule has 2 heteroatoms. The van der Waals surface area contributed by atoms with E-state index in [-0.39, 0.29) is 34.1 Å². The average Bonchev–Trinajstić information content (AvgIpc) is 3.56. The van der Waals surface area contributed by atoms with Gasteiger partial charge >= 0.3 is 0 Å². The monoisotopic (exact) mass is 482 g/mol. The van der Waals surface area contributed by atoms with Gasteiger partial charge in [0.1, 0.15) is 0 Å². The fourth-order valence-corrected chi connectivity index (χ4v) is 3.64. The molecule has 0 N–H and O–H groups in total. The summed E-state index contributed by atoms with van der Waals surface area (Å²) in [7, 11) is 0. The molecular weight excluding hydrogens is 448 g/mol. The summed E-state index contributed by atoms with van der Waals surface area (Å²) in [5.41, 5.74) is 2.98. The molecule has 30 heavy (non-hydrogen) atoms. The predicted molar refractivity (Wildman–Crippen MR) is 123 cm³/mol. The molecule has 0 fully saturated rings. The molecule has 0 nitrogen and oxygen atoms in total. The molecule has 0 radical (unpaired) electrons. The molecule has 0 amide bonds. The van der Waals surface area contributed by atoms with Gasteiger partial charge in [0.25, 0.3) is 0 Å². The zero-order chi connectivity index (χ0) is 19.9. The van der Waals surface area contributed by atoms with Gasteiger partial charge in [-0.15, -0.1) is 0 Å². The van der Waals surface area contributed by atoms with E-state index >= 15 is 0 Å². The van der Waals surface area contributed by atoms with Crippen molar-refractivity contribution in [2.24, 2.45) is 5.92 Å². The molecule has 0 aromatic heterocycles. The van der Waals surface area contributed by atoms with Crippen LogP contribution < -0.4 is 0 Å². The van der Waals surface area contributed by atoms with Crippen molar-refractivity contribution in [3.63, 3.8) is 0 Å². The molecule has 0 aliphatic heterocycles.